The minimum absolute atomic E-state index is 0.256. The molecule has 1 atom stereocenters. The van der Waals surface area contributed by atoms with Gasteiger partial charge in [0.25, 0.3) is 0 Å². The highest BCUT2D eigenvalue weighted by Crippen LogP contribution is 2.29. The molecule has 2 N–H and O–H groups in total. The lowest BCUT2D eigenvalue weighted by molar-refractivity contribution is 0.0636. The van der Waals surface area contributed by atoms with Crippen molar-refractivity contribution in [2.75, 3.05) is 17.7 Å². The lowest BCUT2D eigenvalue weighted by atomic mass is 10.1. The summed E-state index contributed by atoms with van der Waals surface area (Å²) in [6.07, 6.45) is -0.474. The Morgan fingerprint density at radius 2 is 1.77 bits per heavy atom. The van der Waals surface area contributed by atoms with Gasteiger partial charge in [-0.15, -0.1) is 0 Å². The average Bonchev–Trinajstić information content (AvgIpc) is 2.38. The molecular weight excluding hydrogens is 280 g/mol. The number of hydrogen-bond acceptors (Lipinski definition) is 4. The van der Waals surface area contributed by atoms with Gasteiger partial charge in [0.05, 0.1) is 18.5 Å². The molecule has 0 saturated carbocycles. The Balaban J connectivity index is 2.95. The highest BCUT2D eigenvalue weighted by Gasteiger charge is 2.18. The van der Waals surface area contributed by atoms with Crippen molar-refractivity contribution in [3.63, 3.8) is 0 Å². The summed E-state index contributed by atoms with van der Waals surface area (Å²) in [5.41, 5.74) is 0.948. The van der Waals surface area contributed by atoms with E-state index in [1.807, 2.05) is 26.8 Å². The molecule has 0 fully saturated rings. The van der Waals surface area contributed by atoms with Crippen LogP contribution < -0.4 is 15.4 Å². The first-order valence-corrected chi connectivity index (χ1v) is 7.57. The van der Waals surface area contributed by atoms with Crippen molar-refractivity contribution >= 4 is 17.5 Å². The fourth-order valence-electron chi connectivity index (χ4n) is 1.70. The van der Waals surface area contributed by atoms with E-state index in [0.29, 0.717) is 11.6 Å². The maximum atomic E-state index is 12.0. The van der Waals surface area contributed by atoms with E-state index in [4.69, 9.17) is 9.47 Å². The highest BCUT2D eigenvalue weighted by atomic mass is 16.6. The number of hydrogen-bond donors (Lipinski definition) is 2. The van der Waals surface area contributed by atoms with Crippen molar-refractivity contribution < 1.29 is 14.3 Å². The second-order valence-electron chi connectivity index (χ2n) is 6.72. The van der Waals surface area contributed by atoms with Crippen LogP contribution in [0.4, 0.5) is 16.2 Å². The molecule has 5 nitrogen and oxygen atoms in total. The van der Waals surface area contributed by atoms with Crippen LogP contribution in [0.2, 0.25) is 0 Å². The van der Waals surface area contributed by atoms with Gasteiger partial charge in [0, 0.05) is 12.1 Å². The summed E-state index contributed by atoms with van der Waals surface area (Å²) >= 11 is 0. The van der Waals surface area contributed by atoms with Crippen molar-refractivity contribution in [1.82, 2.24) is 0 Å². The lowest BCUT2D eigenvalue weighted by Gasteiger charge is -2.23. The summed E-state index contributed by atoms with van der Waals surface area (Å²) in [4.78, 5) is 12.0. The van der Waals surface area contributed by atoms with E-state index >= 15 is 0 Å². The topological polar surface area (TPSA) is 59.6 Å². The van der Waals surface area contributed by atoms with Crippen LogP contribution in [0, 0.1) is 5.92 Å². The van der Waals surface area contributed by atoms with E-state index in [0.717, 1.165) is 11.4 Å². The minimum Gasteiger partial charge on any atom is -0.497 e. The number of ether oxygens (including phenoxy) is 2. The smallest absolute Gasteiger partial charge is 0.412 e. The van der Waals surface area contributed by atoms with Crippen LogP contribution in [0.3, 0.4) is 0 Å². The predicted octanol–water partition coefficient (Wildman–Crippen LogP) is 4.50. The molecule has 0 bridgehead atoms. The van der Waals surface area contributed by atoms with E-state index in [2.05, 4.69) is 31.4 Å². The molecule has 0 aliphatic heterocycles. The van der Waals surface area contributed by atoms with Crippen LogP contribution >= 0.6 is 0 Å². The van der Waals surface area contributed by atoms with Crippen molar-refractivity contribution in [2.24, 2.45) is 5.92 Å². The van der Waals surface area contributed by atoms with Crippen LogP contribution in [-0.4, -0.2) is 24.8 Å². The molecule has 1 unspecified atom stereocenters. The molecule has 1 rings (SSSR count). The lowest BCUT2D eigenvalue weighted by Crippen LogP contribution is -2.28. The molecule has 5 heteroatoms. The van der Waals surface area contributed by atoms with Gasteiger partial charge in [-0.05, 0) is 45.7 Å². The zero-order valence-corrected chi connectivity index (χ0v) is 14.6. The van der Waals surface area contributed by atoms with Crippen LogP contribution in [0.15, 0.2) is 18.2 Å². The number of rotatable bonds is 5. The van der Waals surface area contributed by atoms with Crippen molar-refractivity contribution in [1.29, 1.82) is 0 Å². The Morgan fingerprint density at radius 3 is 2.27 bits per heavy atom. The highest BCUT2D eigenvalue weighted by molar-refractivity contribution is 5.90. The van der Waals surface area contributed by atoms with Crippen molar-refractivity contribution in [2.45, 2.75) is 53.2 Å². The van der Waals surface area contributed by atoms with Gasteiger partial charge in [-0.25, -0.2) is 4.79 Å². The van der Waals surface area contributed by atoms with Gasteiger partial charge in [-0.2, -0.15) is 0 Å². The quantitative estimate of drug-likeness (QED) is 0.841. The van der Waals surface area contributed by atoms with Gasteiger partial charge in [0.2, 0.25) is 0 Å². The van der Waals surface area contributed by atoms with E-state index in [9.17, 15) is 4.79 Å². The van der Waals surface area contributed by atoms with Gasteiger partial charge in [0.15, 0.2) is 0 Å². The molecule has 1 amide bonds. The Morgan fingerprint density at radius 1 is 1.14 bits per heavy atom. The first-order valence-electron chi connectivity index (χ1n) is 7.57. The number of anilines is 2. The zero-order valence-electron chi connectivity index (χ0n) is 14.6. The minimum atomic E-state index is -0.532. The zero-order chi connectivity index (χ0) is 16.9. The van der Waals surface area contributed by atoms with E-state index in [1.165, 1.54) is 0 Å². The second-order valence-corrected chi connectivity index (χ2v) is 6.72. The maximum absolute atomic E-state index is 12.0. The van der Waals surface area contributed by atoms with E-state index < -0.39 is 11.7 Å². The molecular formula is C17H28N2O3. The van der Waals surface area contributed by atoms with Gasteiger partial charge in [0.1, 0.15) is 11.4 Å². The van der Waals surface area contributed by atoms with Crippen LogP contribution in [-0.2, 0) is 4.74 Å². The third-order valence-electron chi connectivity index (χ3n) is 3.25. The Hall–Kier alpha value is -1.91. The third kappa shape index (κ3) is 5.84. The summed E-state index contributed by atoms with van der Waals surface area (Å²) in [6, 6.07) is 5.73. The summed E-state index contributed by atoms with van der Waals surface area (Å²) in [6.45, 7) is 11.9. The fraction of sp³-hybridized carbons (Fsp3) is 0.588. The van der Waals surface area contributed by atoms with Gasteiger partial charge in [-0.3, -0.25) is 5.32 Å². The summed E-state index contributed by atoms with van der Waals surface area (Å²) in [7, 11) is 1.62. The summed E-state index contributed by atoms with van der Waals surface area (Å²) in [5.74, 6) is 1.19. The van der Waals surface area contributed by atoms with Crippen molar-refractivity contribution in [3.8, 4) is 5.75 Å². The number of carbonyl (C=O) groups excluding carboxylic acids is 1. The Bertz CT molecular complexity index is 507. The normalized spacial score (nSPS) is 12.7. The molecule has 1 aromatic carbocycles. The second kappa shape index (κ2) is 7.38. The predicted molar refractivity (Wildman–Crippen MR) is 90.8 cm³/mol. The number of nitrogens with one attached hydrogen (secondary N) is 2. The van der Waals surface area contributed by atoms with Gasteiger partial charge in [-0.1, -0.05) is 13.8 Å². The van der Waals surface area contributed by atoms with E-state index in [-0.39, 0.29) is 6.04 Å². The molecule has 0 heterocycles. The molecule has 124 valence electrons. The summed E-state index contributed by atoms with van der Waals surface area (Å²) in [5, 5.41) is 6.19. The number of benzene rings is 1. The van der Waals surface area contributed by atoms with Gasteiger partial charge < -0.3 is 14.8 Å². The molecule has 0 spiro atoms. The molecule has 0 saturated heterocycles. The largest absolute Gasteiger partial charge is 0.497 e. The third-order valence-corrected chi connectivity index (χ3v) is 3.25. The molecule has 22 heavy (non-hydrogen) atoms. The maximum Gasteiger partial charge on any atom is 0.412 e. The van der Waals surface area contributed by atoms with E-state index in [1.54, 1.807) is 19.2 Å². The molecule has 0 radical (unpaired) electrons. The first kappa shape index (κ1) is 18.1. The Kier molecular flexibility index (Phi) is 6.09. The molecule has 0 aromatic heterocycles. The SMILES string of the molecule is COc1ccc(NC(=O)OC(C)(C)C)c(NC(C)C(C)C)c1. The van der Waals surface area contributed by atoms with Crippen LogP contribution in [0.5, 0.6) is 5.75 Å². The standard InChI is InChI=1S/C17H28N2O3/c1-11(2)12(3)18-15-10-13(21-7)8-9-14(15)19-16(20)22-17(4,5)6/h8-12,18H,1-7H3,(H,19,20). The monoisotopic (exact) mass is 308 g/mol. The number of methoxy groups -OCH3 is 1. The van der Waals surface area contributed by atoms with Gasteiger partial charge >= 0.3 is 6.09 Å². The average molecular weight is 308 g/mol. The molecule has 1 aromatic rings. The summed E-state index contributed by atoms with van der Waals surface area (Å²) < 4.78 is 10.6. The molecule has 0 aliphatic carbocycles. The Labute approximate surface area is 133 Å². The fourth-order valence-corrected chi connectivity index (χ4v) is 1.70. The van der Waals surface area contributed by atoms with Crippen LogP contribution in [0.1, 0.15) is 41.5 Å². The van der Waals surface area contributed by atoms with Crippen molar-refractivity contribution in [3.05, 3.63) is 18.2 Å². The first-order chi connectivity index (χ1) is 10.1. The van der Waals surface area contributed by atoms with Crippen LogP contribution in [0.25, 0.3) is 0 Å². The molecule has 0 aliphatic rings. The number of carbonyl (C=O) groups is 1. The number of amides is 1.